The number of urea groups is 1. The van der Waals surface area contributed by atoms with Crippen LogP contribution in [0.15, 0.2) is 30.3 Å². The van der Waals surface area contributed by atoms with Crippen LogP contribution < -0.4 is 10.6 Å². The van der Waals surface area contributed by atoms with Gasteiger partial charge in [-0.25, -0.2) is 4.79 Å². The average molecular weight is 389 g/mol. The maximum Gasteiger partial charge on any atom is 0.325 e. The molecule has 1 saturated heterocycles. The Bertz CT molecular complexity index is 684. The fourth-order valence-corrected chi connectivity index (χ4v) is 3.76. The molecule has 1 fully saturated rings. The number of nitrogens with one attached hydrogen (secondary N) is 2. The number of carbonyl (C=O) groups is 3. The van der Waals surface area contributed by atoms with Gasteiger partial charge in [0.1, 0.15) is 12.1 Å². The summed E-state index contributed by atoms with van der Waals surface area (Å²) < 4.78 is 0. The smallest absolute Gasteiger partial charge is 0.325 e. The molecule has 28 heavy (non-hydrogen) atoms. The molecule has 1 aliphatic heterocycles. The summed E-state index contributed by atoms with van der Waals surface area (Å²) in [6.07, 6.45) is 1.01. The maximum atomic E-state index is 12.7. The lowest BCUT2D eigenvalue weighted by Crippen LogP contribution is -2.47. The van der Waals surface area contributed by atoms with Crippen LogP contribution >= 0.6 is 0 Å². The Balaban J connectivity index is 2.03. The van der Waals surface area contributed by atoms with Gasteiger partial charge in [-0.3, -0.25) is 19.4 Å². The summed E-state index contributed by atoms with van der Waals surface area (Å²) in [5, 5.41) is 5.66. The molecule has 1 aliphatic rings. The topological polar surface area (TPSA) is 81.8 Å². The van der Waals surface area contributed by atoms with Gasteiger partial charge in [0.15, 0.2) is 0 Å². The molecular weight excluding hydrogens is 356 g/mol. The Labute approximate surface area is 167 Å². The fourth-order valence-electron chi connectivity index (χ4n) is 3.76. The van der Waals surface area contributed by atoms with Crippen molar-refractivity contribution in [3.63, 3.8) is 0 Å². The minimum atomic E-state index is -0.884. The zero-order valence-corrected chi connectivity index (χ0v) is 17.3. The van der Waals surface area contributed by atoms with Crippen LogP contribution in [0.1, 0.15) is 52.1 Å². The van der Waals surface area contributed by atoms with Gasteiger partial charge < -0.3 is 10.6 Å². The number of rotatable bonds is 10. The van der Waals surface area contributed by atoms with Crippen molar-refractivity contribution in [2.45, 2.75) is 52.1 Å². The van der Waals surface area contributed by atoms with Gasteiger partial charge in [-0.1, -0.05) is 58.0 Å². The fraction of sp³-hybridized carbons (Fsp3) is 0.571. The minimum Gasteiger partial charge on any atom is -0.353 e. The number of amides is 4. The lowest BCUT2D eigenvalue weighted by molar-refractivity contribution is -0.135. The summed E-state index contributed by atoms with van der Waals surface area (Å²) in [5.41, 5.74) is 0.239. The van der Waals surface area contributed by atoms with Crippen molar-refractivity contribution >= 4 is 17.8 Å². The molecule has 154 valence electrons. The lowest BCUT2D eigenvalue weighted by Gasteiger charge is -2.30. The number of carbonyl (C=O) groups excluding carboxylic acids is 3. The molecule has 0 radical (unpaired) electrons. The van der Waals surface area contributed by atoms with Crippen LogP contribution in [-0.2, 0) is 9.59 Å². The highest BCUT2D eigenvalue weighted by molar-refractivity contribution is 6.08. The van der Waals surface area contributed by atoms with Crippen molar-refractivity contribution in [1.82, 2.24) is 20.4 Å². The summed E-state index contributed by atoms with van der Waals surface area (Å²) in [5.74, 6) is -0.652. The van der Waals surface area contributed by atoms with Crippen molar-refractivity contribution in [1.29, 1.82) is 0 Å². The van der Waals surface area contributed by atoms with E-state index in [-0.39, 0.29) is 24.4 Å². The van der Waals surface area contributed by atoms with E-state index in [9.17, 15) is 14.4 Å². The zero-order chi connectivity index (χ0) is 20.7. The van der Waals surface area contributed by atoms with Gasteiger partial charge in [-0.15, -0.1) is 0 Å². The third-order valence-electron chi connectivity index (χ3n) is 5.68. The van der Waals surface area contributed by atoms with Gasteiger partial charge in [0.25, 0.3) is 5.91 Å². The van der Waals surface area contributed by atoms with E-state index in [4.69, 9.17) is 0 Å². The molecule has 0 spiro atoms. The van der Waals surface area contributed by atoms with Crippen LogP contribution in [-0.4, -0.2) is 59.4 Å². The van der Waals surface area contributed by atoms with Gasteiger partial charge >= 0.3 is 6.03 Å². The molecule has 7 heteroatoms. The molecule has 0 bridgehead atoms. The van der Waals surface area contributed by atoms with Crippen LogP contribution in [0.2, 0.25) is 0 Å². The first-order chi connectivity index (χ1) is 13.4. The van der Waals surface area contributed by atoms with E-state index in [1.807, 2.05) is 44.2 Å². The summed E-state index contributed by atoms with van der Waals surface area (Å²) in [7, 11) is 0. The van der Waals surface area contributed by atoms with E-state index in [2.05, 4.69) is 29.4 Å². The van der Waals surface area contributed by atoms with Gasteiger partial charge in [0, 0.05) is 6.54 Å². The first-order valence-corrected chi connectivity index (χ1v) is 10.1. The van der Waals surface area contributed by atoms with Crippen molar-refractivity contribution in [3.05, 3.63) is 35.9 Å². The quantitative estimate of drug-likeness (QED) is 0.603. The van der Waals surface area contributed by atoms with E-state index < -0.39 is 11.6 Å². The molecule has 0 aromatic heterocycles. The molecule has 0 aliphatic carbocycles. The monoisotopic (exact) mass is 388 g/mol. The summed E-state index contributed by atoms with van der Waals surface area (Å²) >= 11 is 0. The molecule has 0 saturated carbocycles. The Kier molecular flexibility index (Phi) is 7.57. The molecule has 0 unspecified atom stereocenters. The molecule has 2 rings (SSSR count). The lowest BCUT2D eigenvalue weighted by atomic mass is 9.93. The van der Waals surface area contributed by atoms with Gasteiger partial charge in [-0.2, -0.15) is 0 Å². The molecule has 1 heterocycles. The molecule has 4 amide bonds. The number of likely N-dealkylation sites (N-methyl/N-ethyl adjacent to an activating group) is 1. The number of hydrogen-bond donors (Lipinski definition) is 2. The second-order valence-corrected chi connectivity index (χ2v) is 7.06. The second kappa shape index (κ2) is 9.68. The summed E-state index contributed by atoms with van der Waals surface area (Å²) in [4.78, 5) is 40.7. The largest absolute Gasteiger partial charge is 0.353 e. The molecule has 1 aromatic carbocycles. The van der Waals surface area contributed by atoms with Crippen molar-refractivity contribution < 1.29 is 14.4 Å². The van der Waals surface area contributed by atoms with Crippen LogP contribution in [0.4, 0.5) is 4.79 Å². The average Bonchev–Trinajstić information content (AvgIpc) is 2.96. The van der Waals surface area contributed by atoms with Crippen LogP contribution in [0.3, 0.4) is 0 Å². The summed E-state index contributed by atoms with van der Waals surface area (Å²) in [6, 6.07) is 9.56. The Morgan fingerprint density at radius 3 is 2.21 bits per heavy atom. The summed E-state index contributed by atoms with van der Waals surface area (Å²) in [6.45, 7) is 9.77. The first-order valence-electron chi connectivity index (χ1n) is 10.1. The highest BCUT2D eigenvalue weighted by Gasteiger charge is 2.49. The predicted octanol–water partition coefficient (Wildman–Crippen LogP) is 2.30. The number of nitrogens with zero attached hydrogens (tertiary/aromatic N) is 2. The van der Waals surface area contributed by atoms with Gasteiger partial charge in [0.05, 0.1) is 6.04 Å². The van der Waals surface area contributed by atoms with Crippen molar-refractivity contribution in [3.8, 4) is 0 Å². The van der Waals surface area contributed by atoms with E-state index in [0.29, 0.717) is 19.4 Å². The van der Waals surface area contributed by atoms with E-state index in [1.165, 1.54) is 0 Å². The standard InChI is InChI=1S/C21H32N4O3/c1-5-21(6-2)19(27)25(20(28)23-21)15-18(26)22-14-17(24(7-3)8-4)16-12-10-9-11-13-16/h9-13,17H,5-8,14-15H2,1-4H3,(H,22,26)(H,23,28)/t17-/m0/s1. The third-order valence-corrected chi connectivity index (χ3v) is 5.68. The van der Waals surface area contributed by atoms with Crippen molar-refractivity contribution in [2.75, 3.05) is 26.2 Å². The molecule has 1 atom stereocenters. The third kappa shape index (κ3) is 4.52. The Morgan fingerprint density at radius 2 is 1.71 bits per heavy atom. The molecule has 7 nitrogen and oxygen atoms in total. The maximum absolute atomic E-state index is 12.7. The number of imide groups is 1. The normalized spacial score (nSPS) is 17.0. The molecule has 2 N–H and O–H groups in total. The highest BCUT2D eigenvalue weighted by Crippen LogP contribution is 2.24. The predicted molar refractivity (Wildman–Crippen MR) is 109 cm³/mol. The van der Waals surface area contributed by atoms with Crippen LogP contribution in [0.25, 0.3) is 0 Å². The van der Waals surface area contributed by atoms with Gasteiger partial charge in [-0.05, 0) is 31.5 Å². The number of hydrogen-bond acceptors (Lipinski definition) is 4. The Hall–Kier alpha value is -2.41. The van der Waals surface area contributed by atoms with E-state index >= 15 is 0 Å². The van der Waals surface area contributed by atoms with Crippen molar-refractivity contribution in [2.24, 2.45) is 0 Å². The number of benzene rings is 1. The van der Waals surface area contributed by atoms with Crippen LogP contribution in [0.5, 0.6) is 0 Å². The molecule has 1 aromatic rings. The second-order valence-electron chi connectivity index (χ2n) is 7.06. The molecular formula is C21H32N4O3. The van der Waals surface area contributed by atoms with E-state index in [1.54, 1.807) is 0 Å². The highest BCUT2D eigenvalue weighted by atomic mass is 16.2. The minimum absolute atomic E-state index is 0.0358. The van der Waals surface area contributed by atoms with Gasteiger partial charge in [0.2, 0.25) is 5.91 Å². The van der Waals surface area contributed by atoms with Crippen LogP contribution in [0, 0.1) is 0 Å². The van der Waals surface area contributed by atoms with E-state index in [0.717, 1.165) is 23.6 Å². The SMILES string of the molecule is CCN(CC)[C@@H](CNC(=O)CN1C(=O)NC(CC)(CC)C1=O)c1ccccc1. The first kappa shape index (κ1) is 21.9. The zero-order valence-electron chi connectivity index (χ0n) is 17.3. The Morgan fingerprint density at radius 1 is 1.11 bits per heavy atom.